The highest BCUT2D eigenvalue weighted by Crippen LogP contribution is 2.34. The number of hydrogen-bond acceptors (Lipinski definition) is 2. The number of nitrogens with one attached hydrogen (secondary N) is 1. The molecule has 0 spiro atoms. The van der Waals surface area contributed by atoms with Gasteiger partial charge in [-0.1, -0.05) is 47.0 Å². The summed E-state index contributed by atoms with van der Waals surface area (Å²) < 4.78 is 5.11. The number of rotatable bonds is 12. The van der Waals surface area contributed by atoms with Crippen LogP contribution in [0.15, 0.2) is 0 Å². The predicted molar refractivity (Wildman–Crippen MR) is 81.1 cm³/mol. The van der Waals surface area contributed by atoms with E-state index in [1.807, 2.05) is 0 Å². The minimum absolute atomic E-state index is 0.508. The molecule has 0 bridgehead atoms. The minimum Gasteiger partial charge on any atom is -0.383 e. The molecule has 0 aromatic heterocycles. The SMILES string of the molecule is CCCCC(CC)(CCC(C)C)CNCCOC. The Kier molecular flexibility index (Phi) is 10.8. The van der Waals surface area contributed by atoms with Crippen molar-refractivity contribution in [3.05, 3.63) is 0 Å². The molecule has 0 heterocycles. The molecule has 0 rings (SSSR count). The number of hydrogen-bond donors (Lipinski definition) is 1. The monoisotopic (exact) mass is 257 g/mol. The van der Waals surface area contributed by atoms with Crippen molar-refractivity contribution in [1.29, 1.82) is 0 Å². The summed E-state index contributed by atoms with van der Waals surface area (Å²) in [6.45, 7) is 12.3. The van der Waals surface area contributed by atoms with Gasteiger partial charge in [-0.05, 0) is 30.6 Å². The molecule has 0 aromatic rings. The third-order valence-corrected chi connectivity index (χ3v) is 4.05. The molecule has 2 heteroatoms. The van der Waals surface area contributed by atoms with Crippen LogP contribution in [0, 0.1) is 11.3 Å². The highest BCUT2D eigenvalue weighted by Gasteiger charge is 2.26. The van der Waals surface area contributed by atoms with Gasteiger partial charge in [0.1, 0.15) is 0 Å². The second-order valence-corrected chi connectivity index (χ2v) is 6.06. The van der Waals surface area contributed by atoms with Gasteiger partial charge in [-0.15, -0.1) is 0 Å². The van der Waals surface area contributed by atoms with Crippen LogP contribution in [-0.2, 0) is 4.74 Å². The Bertz CT molecular complexity index is 182. The largest absolute Gasteiger partial charge is 0.383 e. The van der Waals surface area contributed by atoms with E-state index in [-0.39, 0.29) is 0 Å². The quantitative estimate of drug-likeness (QED) is 0.528. The maximum absolute atomic E-state index is 5.11. The molecule has 1 N–H and O–H groups in total. The lowest BCUT2D eigenvalue weighted by Gasteiger charge is -2.34. The molecule has 0 aliphatic rings. The Morgan fingerprint density at radius 1 is 1.17 bits per heavy atom. The van der Waals surface area contributed by atoms with Gasteiger partial charge in [0.05, 0.1) is 6.61 Å². The molecule has 0 aromatic carbocycles. The highest BCUT2D eigenvalue weighted by molar-refractivity contribution is 4.81. The van der Waals surface area contributed by atoms with E-state index in [2.05, 4.69) is 33.0 Å². The van der Waals surface area contributed by atoms with Crippen LogP contribution in [0.4, 0.5) is 0 Å². The van der Waals surface area contributed by atoms with Gasteiger partial charge < -0.3 is 10.1 Å². The van der Waals surface area contributed by atoms with Gasteiger partial charge in [0.2, 0.25) is 0 Å². The Balaban J connectivity index is 4.24. The number of ether oxygens (including phenoxy) is 1. The highest BCUT2D eigenvalue weighted by atomic mass is 16.5. The Morgan fingerprint density at radius 2 is 1.89 bits per heavy atom. The molecule has 1 atom stereocenters. The third-order valence-electron chi connectivity index (χ3n) is 4.05. The van der Waals surface area contributed by atoms with E-state index < -0.39 is 0 Å². The van der Waals surface area contributed by atoms with Crippen LogP contribution in [0.5, 0.6) is 0 Å². The van der Waals surface area contributed by atoms with Crippen molar-refractivity contribution in [1.82, 2.24) is 5.32 Å². The number of unbranched alkanes of at least 4 members (excludes halogenated alkanes) is 1. The minimum atomic E-state index is 0.508. The van der Waals surface area contributed by atoms with Gasteiger partial charge in [0, 0.05) is 20.2 Å². The summed E-state index contributed by atoms with van der Waals surface area (Å²) in [5.41, 5.74) is 0.508. The van der Waals surface area contributed by atoms with Crippen molar-refractivity contribution in [3.63, 3.8) is 0 Å². The molecule has 0 saturated heterocycles. The van der Waals surface area contributed by atoms with Gasteiger partial charge in [0.15, 0.2) is 0 Å². The fraction of sp³-hybridized carbons (Fsp3) is 1.00. The lowest BCUT2D eigenvalue weighted by molar-refractivity contribution is 0.171. The average molecular weight is 257 g/mol. The fourth-order valence-electron chi connectivity index (χ4n) is 2.45. The third kappa shape index (κ3) is 8.10. The second kappa shape index (κ2) is 10.8. The molecule has 0 fully saturated rings. The Morgan fingerprint density at radius 3 is 2.39 bits per heavy atom. The van der Waals surface area contributed by atoms with Crippen LogP contribution in [-0.4, -0.2) is 26.8 Å². The van der Waals surface area contributed by atoms with Crippen LogP contribution >= 0.6 is 0 Å². The first-order chi connectivity index (χ1) is 8.60. The predicted octanol–water partition coefficient (Wildman–Crippen LogP) is 4.25. The first kappa shape index (κ1) is 17.9. The summed E-state index contributed by atoms with van der Waals surface area (Å²) in [4.78, 5) is 0. The Hall–Kier alpha value is -0.0800. The van der Waals surface area contributed by atoms with E-state index in [4.69, 9.17) is 4.74 Å². The van der Waals surface area contributed by atoms with Gasteiger partial charge >= 0.3 is 0 Å². The maximum atomic E-state index is 5.11. The fourth-order valence-corrected chi connectivity index (χ4v) is 2.45. The van der Waals surface area contributed by atoms with Crippen LogP contribution < -0.4 is 5.32 Å². The van der Waals surface area contributed by atoms with E-state index in [0.717, 1.165) is 25.6 Å². The number of methoxy groups -OCH3 is 1. The van der Waals surface area contributed by atoms with Crippen molar-refractivity contribution in [2.24, 2.45) is 11.3 Å². The summed E-state index contributed by atoms with van der Waals surface area (Å²) in [5, 5.41) is 3.59. The second-order valence-electron chi connectivity index (χ2n) is 6.06. The van der Waals surface area contributed by atoms with Crippen LogP contribution in [0.25, 0.3) is 0 Å². The first-order valence-corrected chi connectivity index (χ1v) is 7.80. The van der Waals surface area contributed by atoms with E-state index >= 15 is 0 Å². The smallest absolute Gasteiger partial charge is 0.0587 e. The van der Waals surface area contributed by atoms with Crippen molar-refractivity contribution in [2.75, 3.05) is 26.8 Å². The summed E-state index contributed by atoms with van der Waals surface area (Å²) in [6.07, 6.45) is 8.04. The molecule has 0 aliphatic carbocycles. The first-order valence-electron chi connectivity index (χ1n) is 7.80. The average Bonchev–Trinajstić information content (AvgIpc) is 2.37. The molecule has 0 radical (unpaired) electrons. The van der Waals surface area contributed by atoms with Gasteiger partial charge in [0.25, 0.3) is 0 Å². The summed E-state index contributed by atoms with van der Waals surface area (Å²) in [6, 6.07) is 0. The summed E-state index contributed by atoms with van der Waals surface area (Å²) in [7, 11) is 1.77. The topological polar surface area (TPSA) is 21.3 Å². The molecule has 0 amide bonds. The summed E-state index contributed by atoms with van der Waals surface area (Å²) in [5.74, 6) is 0.816. The van der Waals surface area contributed by atoms with E-state index in [1.165, 1.54) is 38.5 Å². The van der Waals surface area contributed by atoms with Crippen molar-refractivity contribution < 1.29 is 4.74 Å². The zero-order valence-corrected chi connectivity index (χ0v) is 13.3. The molecule has 18 heavy (non-hydrogen) atoms. The zero-order chi connectivity index (χ0) is 13.9. The van der Waals surface area contributed by atoms with Crippen molar-refractivity contribution >= 4 is 0 Å². The molecule has 0 saturated carbocycles. The van der Waals surface area contributed by atoms with Gasteiger partial charge in [-0.3, -0.25) is 0 Å². The lowest BCUT2D eigenvalue weighted by Crippen LogP contribution is -2.36. The molecular formula is C16H35NO. The summed E-state index contributed by atoms with van der Waals surface area (Å²) >= 11 is 0. The van der Waals surface area contributed by atoms with Crippen molar-refractivity contribution in [3.8, 4) is 0 Å². The Labute approximate surface area is 115 Å². The van der Waals surface area contributed by atoms with E-state index in [0.29, 0.717) is 5.41 Å². The van der Waals surface area contributed by atoms with Gasteiger partial charge in [-0.2, -0.15) is 0 Å². The molecule has 1 unspecified atom stereocenters. The van der Waals surface area contributed by atoms with Crippen LogP contribution in [0.2, 0.25) is 0 Å². The van der Waals surface area contributed by atoms with E-state index in [9.17, 15) is 0 Å². The zero-order valence-electron chi connectivity index (χ0n) is 13.3. The van der Waals surface area contributed by atoms with Crippen LogP contribution in [0.3, 0.4) is 0 Å². The molecule has 0 aliphatic heterocycles. The van der Waals surface area contributed by atoms with Crippen molar-refractivity contribution in [2.45, 2.75) is 66.2 Å². The molecule has 2 nitrogen and oxygen atoms in total. The maximum Gasteiger partial charge on any atom is 0.0587 e. The molecule has 110 valence electrons. The van der Waals surface area contributed by atoms with E-state index in [1.54, 1.807) is 7.11 Å². The molecular weight excluding hydrogens is 222 g/mol. The van der Waals surface area contributed by atoms with Crippen LogP contribution in [0.1, 0.15) is 66.2 Å². The lowest BCUT2D eigenvalue weighted by atomic mass is 9.75. The van der Waals surface area contributed by atoms with Gasteiger partial charge in [-0.25, -0.2) is 0 Å². The standard InChI is InChI=1S/C16H35NO/c1-6-8-10-16(7-2,11-9-15(3)4)14-17-12-13-18-5/h15,17H,6-14H2,1-5H3. The normalized spacial score (nSPS) is 15.0.